The average molecular weight is 353 g/mol. The van der Waals surface area contributed by atoms with Gasteiger partial charge in [-0.3, -0.25) is 4.90 Å². The predicted molar refractivity (Wildman–Crippen MR) is 95.3 cm³/mol. The lowest BCUT2D eigenvalue weighted by Crippen LogP contribution is -2.19. The maximum absolute atomic E-state index is 13.0. The Bertz CT molecular complexity index is 862. The fourth-order valence-corrected chi connectivity index (χ4v) is 3.28. The van der Waals surface area contributed by atoms with Crippen LogP contribution in [0.15, 0.2) is 53.1 Å². The van der Waals surface area contributed by atoms with Crippen molar-refractivity contribution < 1.29 is 13.7 Å². The summed E-state index contributed by atoms with van der Waals surface area (Å²) in [5.74, 6) is 2.10. The minimum absolute atomic E-state index is 0.204. The number of benzene rings is 2. The van der Waals surface area contributed by atoms with E-state index in [1.165, 1.54) is 12.1 Å². The smallest absolute Gasteiger partial charge is 0.231 e. The first-order valence-corrected chi connectivity index (χ1v) is 8.66. The summed E-state index contributed by atoms with van der Waals surface area (Å²) in [4.78, 5) is 6.90. The highest BCUT2D eigenvalue weighted by Crippen LogP contribution is 2.29. The Kier molecular flexibility index (Phi) is 4.67. The quantitative estimate of drug-likeness (QED) is 0.697. The normalized spacial score (nSPS) is 17.5. The van der Waals surface area contributed by atoms with Crippen molar-refractivity contribution in [2.75, 3.05) is 20.2 Å². The minimum atomic E-state index is -0.204. The maximum Gasteiger partial charge on any atom is 0.231 e. The molecular formula is C20H20FN3O2. The Labute approximate surface area is 151 Å². The topological polar surface area (TPSA) is 51.4 Å². The fraction of sp³-hybridized carbons (Fsp3) is 0.300. The monoisotopic (exact) mass is 353 g/mol. The van der Waals surface area contributed by atoms with Crippen LogP contribution in [0.5, 0.6) is 5.75 Å². The van der Waals surface area contributed by atoms with Crippen molar-refractivity contribution in [1.29, 1.82) is 0 Å². The van der Waals surface area contributed by atoms with E-state index in [0.29, 0.717) is 11.7 Å². The van der Waals surface area contributed by atoms with E-state index in [-0.39, 0.29) is 11.7 Å². The molecule has 0 saturated carbocycles. The number of rotatable bonds is 5. The van der Waals surface area contributed by atoms with Crippen molar-refractivity contribution in [3.8, 4) is 17.1 Å². The molecule has 1 atom stereocenters. The molecule has 1 fully saturated rings. The second-order valence-corrected chi connectivity index (χ2v) is 6.53. The average Bonchev–Trinajstić information content (AvgIpc) is 3.33. The molecule has 6 heteroatoms. The zero-order chi connectivity index (χ0) is 17.9. The molecule has 0 amide bonds. The van der Waals surface area contributed by atoms with Crippen LogP contribution < -0.4 is 4.74 Å². The zero-order valence-electron chi connectivity index (χ0n) is 14.6. The zero-order valence-corrected chi connectivity index (χ0v) is 14.6. The highest BCUT2D eigenvalue weighted by Gasteiger charge is 2.28. The van der Waals surface area contributed by atoms with Crippen molar-refractivity contribution in [1.82, 2.24) is 15.0 Å². The van der Waals surface area contributed by atoms with Gasteiger partial charge in [0, 0.05) is 18.7 Å². The number of ether oxygens (including phenoxy) is 1. The van der Waals surface area contributed by atoms with Crippen LogP contribution in [0.3, 0.4) is 0 Å². The van der Waals surface area contributed by atoms with E-state index in [1.807, 2.05) is 36.4 Å². The molecule has 0 unspecified atom stereocenters. The molecule has 3 aromatic rings. The molecule has 0 bridgehead atoms. The molecule has 0 radical (unpaired) electrons. The van der Waals surface area contributed by atoms with Gasteiger partial charge < -0.3 is 9.26 Å². The summed E-state index contributed by atoms with van der Waals surface area (Å²) < 4.78 is 23.7. The van der Waals surface area contributed by atoms with Crippen molar-refractivity contribution in [2.45, 2.75) is 18.9 Å². The van der Waals surface area contributed by atoms with Gasteiger partial charge in [-0.05, 0) is 54.9 Å². The molecule has 5 nitrogen and oxygen atoms in total. The number of halogens is 1. The molecule has 1 saturated heterocycles. The first-order valence-electron chi connectivity index (χ1n) is 8.66. The number of hydrogen-bond acceptors (Lipinski definition) is 5. The van der Waals surface area contributed by atoms with E-state index >= 15 is 0 Å². The van der Waals surface area contributed by atoms with Gasteiger partial charge in [-0.25, -0.2) is 4.39 Å². The van der Waals surface area contributed by atoms with E-state index in [9.17, 15) is 4.39 Å². The fourth-order valence-electron chi connectivity index (χ4n) is 3.28. The lowest BCUT2D eigenvalue weighted by Gasteiger charge is -2.15. The molecule has 26 heavy (non-hydrogen) atoms. The lowest BCUT2D eigenvalue weighted by molar-refractivity contribution is 0.309. The van der Waals surface area contributed by atoms with Gasteiger partial charge in [-0.2, -0.15) is 4.98 Å². The summed E-state index contributed by atoms with van der Waals surface area (Å²) in [6.45, 7) is 2.63. The molecule has 134 valence electrons. The van der Waals surface area contributed by atoms with Crippen LogP contribution in [0.2, 0.25) is 0 Å². The third-order valence-electron chi connectivity index (χ3n) is 4.73. The van der Waals surface area contributed by atoms with E-state index in [1.54, 1.807) is 7.11 Å². The molecule has 0 N–H and O–H groups in total. The van der Waals surface area contributed by atoms with Gasteiger partial charge in [0.2, 0.25) is 11.7 Å². The van der Waals surface area contributed by atoms with Gasteiger partial charge in [-0.15, -0.1) is 0 Å². The number of nitrogens with zero attached hydrogens (tertiary/aromatic N) is 3. The summed E-state index contributed by atoms with van der Waals surface area (Å²) in [7, 11) is 1.64. The molecule has 2 aromatic carbocycles. The van der Waals surface area contributed by atoms with E-state index in [0.717, 1.165) is 42.9 Å². The van der Waals surface area contributed by atoms with Gasteiger partial charge in [-0.1, -0.05) is 17.3 Å². The third-order valence-corrected chi connectivity index (χ3v) is 4.73. The van der Waals surface area contributed by atoms with Gasteiger partial charge >= 0.3 is 0 Å². The van der Waals surface area contributed by atoms with Crippen LogP contribution in [0, 0.1) is 5.82 Å². The molecule has 4 rings (SSSR count). The first kappa shape index (κ1) is 16.7. The Hall–Kier alpha value is -2.73. The standard InChI is InChI=1S/C20H20FN3O2/c1-25-18-8-4-15(5-9-18)19-22-20(26-23-19)16-10-11-24(13-16)12-14-2-6-17(21)7-3-14/h2-9,16H,10-13H2,1H3/t16-/m0/s1. The molecule has 1 aromatic heterocycles. The van der Waals surface area contributed by atoms with E-state index in [2.05, 4.69) is 15.0 Å². The van der Waals surface area contributed by atoms with Crippen molar-refractivity contribution in [3.05, 3.63) is 65.8 Å². The highest BCUT2D eigenvalue weighted by atomic mass is 19.1. The van der Waals surface area contributed by atoms with Crippen molar-refractivity contribution in [2.24, 2.45) is 0 Å². The summed E-state index contributed by atoms with van der Waals surface area (Å²) in [6, 6.07) is 14.3. The largest absolute Gasteiger partial charge is 0.497 e. The Morgan fingerprint density at radius 2 is 1.92 bits per heavy atom. The van der Waals surface area contributed by atoms with Crippen LogP contribution in [0.4, 0.5) is 4.39 Å². The Morgan fingerprint density at radius 1 is 1.15 bits per heavy atom. The first-order chi connectivity index (χ1) is 12.7. The Balaban J connectivity index is 1.41. The third kappa shape index (κ3) is 3.60. The van der Waals surface area contributed by atoms with E-state index < -0.39 is 0 Å². The van der Waals surface area contributed by atoms with Crippen molar-refractivity contribution in [3.63, 3.8) is 0 Å². The van der Waals surface area contributed by atoms with Crippen LogP contribution >= 0.6 is 0 Å². The van der Waals surface area contributed by atoms with E-state index in [4.69, 9.17) is 9.26 Å². The van der Waals surface area contributed by atoms with Crippen LogP contribution in [-0.2, 0) is 6.54 Å². The van der Waals surface area contributed by atoms with Crippen molar-refractivity contribution >= 4 is 0 Å². The number of aromatic nitrogens is 2. The van der Waals surface area contributed by atoms with Gasteiger partial charge in [0.1, 0.15) is 11.6 Å². The molecule has 1 aliphatic rings. The summed E-state index contributed by atoms with van der Waals surface area (Å²) in [5, 5.41) is 4.12. The number of likely N-dealkylation sites (tertiary alicyclic amines) is 1. The SMILES string of the molecule is COc1ccc(-c2noc([C@H]3CCN(Cc4ccc(F)cc4)C3)n2)cc1. The second-order valence-electron chi connectivity index (χ2n) is 6.53. The summed E-state index contributed by atoms with van der Waals surface area (Å²) >= 11 is 0. The van der Waals surface area contributed by atoms with Crippen LogP contribution in [-0.4, -0.2) is 35.2 Å². The molecular weight excluding hydrogens is 333 g/mol. The van der Waals surface area contributed by atoms with Crippen LogP contribution in [0.1, 0.15) is 23.8 Å². The molecule has 1 aliphatic heterocycles. The van der Waals surface area contributed by atoms with Gasteiger partial charge in [0.15, 0.2) is 0 Å². The minimum Gasteiger partial charge on any atom is -0.497 e. The predicted octanol–water partition coefficient (Wildman–Crippen LogP) is 3.87. The highest BCUT2D eigenvalue weighted by molar-refractivity contribution is 5.55. The number of hydrogen-bond donors (Lipinski definition) is 0. The van der Waals surface area contributed by atoms with Gasteiger partial charge in [0.25, 0.3) is 0 Å². The summed E-state index contributed by atoms with van der Waals surface area (Å²) in [6.07, 6.45) is 0.978. The van der Waals surface area contributed by atoms with Gasteiger partial charge in [0.05, 0.1) is 13.0 Å². The Morgan fingerprint density at radius 3 is 2.65 bits per heavy atom. The maximum atomic E-state index is 13.0. The number of methoxy groups -OCH3 is 1. The lowest BCUT2D eigenvalue weighted by atomic mass is 10.1. The van der Waals surface area contributed by atoms with Crippen LogP contribution in [0.25, 0.3) is 11.4 Å². The molecule has 0 spiro atoms. The molecule has 0 aliphatic carbocycles. The second kappa shape index (κ2) is 7.25. The molecule has 2 heterocycles. The summed E-state index contributed by atoms with van der Waals surface area (Å²) in [5.41, 5.74) is 2.01.